The number of carbonyl (C=O) groups excluding carboxylic acids is 1. The van der Waals surface area contributed by atoms with Gasteiger partial charge >= 0.3 is 0 Å². The fraction of sp³-hybridized carbons (Fsp3) is 0.500. The lowest BCUT2D eigenvalue weighted by Gasteiger charge is -2.06. The number of nitrogens with zero attached hydrogens (tertiary/aromatic N) is 1. The molecule has 1 aromatic rings. The molecule has 86 valence electrons. The van der Waals surface area contributed by atoms with E-state index in [1.54, 1.807) is 0 Å². The quantitative estimate of drug-likeness (QED) is 0.788. The van der Waals surface area contributed by atoms with Crippen LogP contribution in [-0.4, -0.2) is 23.5 Å². The molecule has 1 amide bonds. The monoisotopic (exact) mass is 219 g/mol. The number of anilines is 1. The van der Waals surface area contributed by atoms with E-state index in [2.05, 4.69) is 15.6 Å². The molecule has 0 saturated heterocycles. The summed E-state index contributed by atoms with van der Waals surface area (Å²) in [6, 6.07) is 4.37. The first-order valence-corrected chi connectivity index (χ1v) is 5.70. The minimum atomic E-state index is 0.127. The molecule has 1 saturated carbocycles. The Balaban J connectivity index is 1.66. The summed E-state index contributed by atoms with van der Waals surface area (Å²) < 4.78 is 0. The molecule has 0 bridgehead atoms. The maximum Gasteiger partial charge on any atom is 0.221 e. The Labute approximate surface area is 95.5 Å². The fourth-order valence-electron chi connectivity index (χ4n) is 1.40. The lowest BCUT2D eigenvalue weighted by Crippen LogP contribution is -2.27. The third kappa shape index (κ3) is 3.53. The molecule has 0 radical (unpaired) electrons. The molecule has 16 heavy (non-hydrogen) atoms. The van der Waals surface area contributed by atoms with Gasteiger partial charge in [0.25, 0.3) is 0 Å². The minimum absolute atomic E-state index is 0.127. The molecular weight excluding hydrogens is 202 g/mol. The lowest BCUT2D eigenvalue weighted by molar-refractivity contribution is -0.120. The molecule has 2 rings (SSSR count). The molecule has 0 spiro atoms. The highest BCUT2D eigenvalue weighted by molar-refractivity contribution is 5.77. The Morgan fingerprint density at radius 3 is 2.94 bits per heavy atom. The van der Waals surface area contributed by atoms with Crippen molar-refractivity contribution in [3.05, 3.63) is 23.9 Å². The largest absolute Gasteiger partial charge is 0.370 e. The Kier molecular flexibility index (Phi) is 3.39. The summed E-state index contributed by atoms with van der Waals surface area (Å²) in [6.07, 6.45) is 4.59. The van der Waals surface area contributed by atoms with Crippen LogP contribution < -0.4 is 10.6 Å². The van der Waals surface area contributed by atoms with Crippen LogP contribution in [0.15, 0.2) is 18.3 Å². The molecule has 1 heterocycles. The number of aromatic nitrogens is 1. The molecule has 1 fully saturated rings. The summed E-state index contributed by atoms with van der Waals surface area (Å²) in [4.78, 5) is 15.6. The molecular formula is C12H17N3O. The molecule has 1 aliphatic carbocycles. The Hall–Kier alpha value is -1.58. The third-order valence-electron chi connectivity index (χ3n) is 2.51. The van der Waals surface area contributed by atoms with Crippen molar-refractivity contribution in [2.45, 2.75) is 32.2 Å². The van der Waals surface area contributed by atoms with Gasteiger partial charge in [-0.2, -0.15) is 0 Å². The second-order valence-electron chi connectivity index (χ2n) is 4.24. The van der Waals surface area contributed by atoms with Gasteiger partial charge in [-0.05, 0) is 31.4 Å². The number of amides is 1. The Morgan fingerprint density at radius 1 is 1.50 bits per heavy atom. The molecule has 0 unspecified atom stereocenters. The van der Waals surface area contributed by atoms with Gasteiger partial charge < -0.3 is 10.6 Å². The first kappa shape index (κ1) is 10.9. The summed E-state index contributed by atoms with van der Waals surface area (Å²) in [6.45, 7) is 2.63. The predicted molar refractivity (Wildman–Crippen MR) is 63.2 cm³/mol. The zero-order valence-corrected chi connectivity index (χ0v) is 9.49. The lowest BCUT2D eigenvalue weighted by atomic mass is 10.3. The van der Waals surface area contributed by atoms with Crippen molar-refractivity contribution in [3.8, 4) is 0 Å². The number of pyridine rings is 1. The molecule has 0 aromatic carbocycles. The SMILES string of the molecule is Cc1ccc(NCCC(=O)NC2CC2)nc1. The van der Waals surface area contributed by atoms with E-state index in [1.165, 1.54) is 0 Å². The van der Waals surface area contributed by atoms with Crippen LogP contribution in [0, 0.1) is 6.92 Å². The van der Waals surface area contributed by atoms with Gasteiger partial charge in [0, 0.05) is 25.2 Å². The zero-order valence-electron chi connectivity index (χ0n) is 9.49. The smallest absolute Gasteiger partial charge is 0.221 e. The van der Waals surface area contributed by atoms with E-state index in [1.807, 2.05) is 25.3 Å². The topological polar surface area (TPSA) is 54.0 Å². The summed E-state index contributed by atoms with van der Waals surface area (Å²) in [7, 11) is 0. The first-order chi connectivity index (χ1) is 7.74. The van der Waals surface area contributed by atoms with Crippen molar-refractivity contribution in [1.82, 2.24) is 10.3 Å². The second kappa shape index (κ2) is 4.96. The van der Waals surface area contributed by atoms with Crippen LogP contribution in [-0.2, 0) is 4.79 Å². The highest BCUT2D eigenvalue weighted by atomic mass is 16.1. The highest BCUT2D eigenvalue weighted by Crippen LogP contribution is 2.18. The highest BCUT2D eigenvalue weighted by Gasteiger charge is 2.22. The van der Waals surface area contributed by atoms with E-state index in [9.17, 15) is 4.79 Å². The molecule has 0 atom stereocenters. The number of hydrogen-bond donors (Lipinski definition) is 2. The van der Waals surface area contributed by atoms with Crippen LogP contribution in [0.4, 0.5) is 5.82 Å². The van der Waals surface area contributed by atoms with Gasteiger partial charge in [0.05, 0.1) is 0 Å². The normalized spacial score (nSPS) is 14.6. The molecule has 0 aliphatic heterocycles. The van der Waals surface area contributed by atoms with Crippen LogP contribution in [0.2, 0.25) is 0 Å². The Morgan fingerprint density at radius 2 is 2.31 bits per heavy atom. The average molecular weight is 219 g/mol. The van der Waals surface area contributed by atoms with Crippen molar-refractivity contribution < 1.29 is 4.79 Å². The molecule has 4 nitrogen and oxygen atoms in total. The van der Waals surface area contributed by atoms with Crippen LogP contribution in [0.1, 0.15) is 24.8 Å². The summed E-state index contributed by atoms with van der Waals surface area (Å²) in [5, 5.41) is 6.07. The van der Waals surface area contributed by atoms with E-state index >= 15 is 0 Å². The third-order valence-corrected chi connectivity index (χ3v) is 2.51. The van der Waals surface area contributed by atoms with Crippen molar-refractivity contribution in [2.24, 2.45) is 0 Å². The minimum Gasteiger partial charge on any atom is -0.370 e. The van der Waals surface area contributed by atoms with E-state index < -0.39 is 0 Å². The second-order valence-corrected chi connectivity index (χ2v) is 4.24. The van der Waals surface area contributed by atoms with Gasteiger partial charge in [-0.15, -0.1) is 0 Å². The standard InChI is InChI=1S/C12H17N3O/c1-9-2-5-11(14-8-9)13-7-6-12(16)15-10-3-4-10/h2,5,8,10H,3-4,6-7H2,1H3,(H,13,14)(H,15,16). The van der Waals surface area contributed by atoms with Gasteiger partial charge in [-0.3, -0.25) is 4.79 Å². The van der Waals surface area contributed by atoms with E-state index in [0.29, 0.717) is 19.0 Å². The van der Waals surface area contributed by atoms with Crippen LogP contribution in [0.5, 0.6) is 0 Å². The molecule has 4 heteroatoms. The number of hydrogen-bond acceptors (Lipinski definition) is 3. The number of nitrogens with one attached hydrogen (secondary N) is 2. The van der Waals surface area contributed by atoms with Gasteiger partial charge in [0.15, 0.2) is 0 Å². The molecule has 1 aromatic heterocycles. The van der Waals surface area contributed by atoms with E-state index in [-0.39, 0.29) is 5.91 Å². The van der Waals surface area contributed by atoms with Crippen LogP contribution in [0.25, 0.3) is 0 Å². The van der Waals surface area contributed by atoms with Gasteiger partial charge in [0.2, 0.25) is 5.91 Å². The molecule has 1 aliphatic rings. The van der Waals surface area contributed by atoms with Crippen LogP contribution >= 0.6 is 0 Å². The fourth-order valence-corrected chi connectivity index (χ4v) is 1.40. The average Bonchev–Trinajstić information content (AvgIpc) is 3.05. The van der Waals surface area contributed by atoms with Crippen molar-refractivity contribution >= 4 is 11.7 Å². The maximum atomic E-state index is 11.4. The maximum absolute atomic E-state index is 11.4. The van der Waals surface area contributed by atoms with Gasteiger partial charge in [-0.1, -0.05) is 6.07 Å². The van der Waals surface area contributed by atoms with Crippen molar-refractivity contribution in [2.75, 3.05) is 11.9 Å². The Bertz CT molecular complexity index is 357. The summed E-state index contributed by atoms with van der Waals surface area (Å²) in [5.74, 6) is 0.951. The van der Waals surface area contributed by atoms with Crippen LogP contribution in [0.3, 0.4) is 0 Å². The van der Waals surface area contributed by atoms with E-state index in [4.69, 9.17) is 0 Å². The van der Waals surface area contributed by atoms with Crippen molar-refractivity contribution in [3.63, 3.8) is 0 Å². The zero-order chi connectivity index (χ0) is 11.4. The predicted octanol–water partition coefficient (Wildman–Crippen LogP) is 1.47. The summed E-state index contributed by atoms with van der Waals surface area (Å²) in [5.41, 5.74) is 1.14. The first-order valence-electron chi connectivity index (χ1n) is 5.70. The number of rotatable bonds is 5. The number of aryl methyl sites for hydroxylation is 1. The molecule has 2 N–H and O–H groups in total. The van der Waals surface area contributed by atoms with Crippen molar-refractivity contribution in [1.29, 1.82) is 0 Å². The number of carbonyl (C=O) groups is 1. The van der Waals surface area contributed by atoms with Gasteiger partial charge in [-0.25, -0.2) is 4.98 Å². The summed E-state index contributed by atoms with van der Waals surface area (Å²) >= 11 is 0. The van der Waals surface area contributed by atoms with Gasteiger partial charge in [0.1, 0.15) is 5.82 Å². The van der Waals surface area contributed by atoms with E-state index in [0.717, 1.165) is 24.2 Å².